The number of nitrogens with zero attached hydrogens (tertiary/aromatic N) is 1. The average Bonchev–Trinajstić information content (AvgIpc) is 2.28. The summed E-state index contributed by atoms with van der Waals surface area (Å²) in [5, 5.41) is 1.50. The molecule has 0 saturated carbocycles. The van der Waals surface area contributed by atoms with Crippen LogP contribution in [0.3, 0.4) is 0 Å². The van der Waals surface area contributed by atoms with E-state index in [1.165, 1.54) is 6.42 Å². The van der Waals surface area contributed by atoms with Gasteiger partial charge in [-0.3, -0.25) is 4.90 Å². The normalized spacial score (nSPS) is 37.2. The van der Waals surface area contributed by atoms with Gasteiger partial charge in [0.1, 0.15) is 0 Å². The van der Waals surface area contributed by atoms with Crippen LogP contribution >= 0.6 is 11.8 Å². The van der Waals surface area contributed by atoms with Crippen LogP contribution in [0.5, 0.6) is 0 Å². The van der Waals surface area contributed by atoms with Crippen molar-refractivity contribution >= 4 is 11.8 Å². The number of hydrogen-bond acceptors (Lipinski definition) is 2. The van der Waals surface area contributed by atoms with Crippen molar-refractivity contribution in [1.29, 1.82) is 0 Å². The molecule has 1 aliphatic heterocycles. The monoisotopic (exact) mass is 257 g/mol. The Kier molecular flexibility index (Phi) is 4.99. The molecule has 4 atom stereocenters. The molecule has 1 fully saturated rings. The molecule has 1 heterocycles. The van der Waals surface area contributed by atoms with Gasteiger partial charge in [0.05, 0.1) is 0 Å². The van der Waals surface area contributed by atoms with E-state index in [1.54, 1.807) is 0 Å². The molecule has 0 bridgehead atoms. The van der Waals surface area contributed by atoms with Gasteiger partial charge in [-0.1, -0.05) is 41.5 Å². The summed E-state index contributed by atoms with van der Waals surface area (Å²) in [7, 11) is 2.32. The summed E-state index contributed by atoms with van der Waals surface area (Å²) >= 11 is 2.21. The SMILES string of the molecule is CC1S[C@H](C(C)(C)C)C[C@H](C(C)C)N(C)C1C. The van der Waals surface area contributed by atoms with Crippen LogP contribution in [0.15, 0.2) is 0 Å². The molecule has 0 N–H and O–H groups in total. The Hall–Kier alpha value is 0.310. The van der Waals surface area contributed by atoms with Gasteiger partial charge in [-0.05, 0) is 31.7 Å². The van der Waals surface area contributed by atoms with E-state index in [4.69, 9.17) is 0 Å². The largest absolute Gasteiger partial charge is 0.299 e. The lowest BCUT2D eigenvalue weighted by Crippen LogP contribution is -2.44. The predicted molar refractivity (Wildman–Crippen MR) is 80.8 cm³/mol. The van der Waals surface area contributed by atoms with Crippen molar-refractivity contribution in [2.45, 2.75) is 77.5 Å². The molecule has 1 rings (SSSR count). The van der Waals surface area contributed by atoms with E-state index in [-0.39, 0.29) is 0 Å². The molecule has 17 heavy (non-hydrogen) atoms. The molecule has 102 valence electrons. The Labute approximate surface area is 113 Å². The fourth-order valence-corrected chi connectivity index (χ4v) is 4.40. The topological polar surface area (TPSA) is 3.24 Å². The Morgan fingerprint density at radius 1 is 1.18 bits per heavy atom. The minimum atomic E-state index is 0.414. The number of rotatable bonds is 1. The molecule has 0 aromatic carbocycles. The maximum Gasteiger partial charge on any atom is 0.0183 e. The lowest BCUT2D eigenvalue weighted by atomic mass is 9.85. The van der Waals surface area contributed by atoms with E-state index >= 15 is 0 Å². The molecule has 0 aromatic rings. The second-order valence-electron chi connectivity index (χ2n) is 7.15. The third-order valence-corrected chi connectivity index (χ3v) is 6.47. The second-order valence-corrected chi connectivity index (χ2v) is 8.73. The van der Waals surface area contributed by atoms with Crippen LogP contribution in [0.25, 0.3) is 0 Å². The van der Waals surface area contributed by atoms with Gasteiger partial charge in [-0.2, -0.15) is 11.8 Å². The lowest BCUT2D eigenvalue weighted by Gasteiger charge is -2.36. The van der Waals surface area contributed by atoms with E-state index in [2.05, 4.69) is 72.2 Å². The van der Waals surface area contributed by atoms with Crippen molar-refractivity contribution < 1.29 is 0 Å². The average molecular weight is 257 g/mol. The minimum absolute atomic E-state index is 0.414. The van der Waals surface area contributed by atoms with Gasteiger partial charge in [0.15, 0.2) is 0 Å². The van der Waals surface area contributed by atoms with Gasteiger partial charge in [0, 0.05) is 22.6 Å². The van der Waals surface area contributed by atoms with Gasteiger partial charge in [0.2, 0.25) is 0 Å². The molecule has 1 nitrogen and oxygen atoms in total. The van der Waals surface area contributed by atoms with Crippen LogP contribution in [0, 0.1) is 11.3 Å². The first-order valence-electron chi connectivity index (χ1n) is 7.02. The van der Waals surface area contributed by atoms with Crippen LogP contribution in [0.2, 0.25) is 0 Å². The minimum Gasteiger partial charge on any atom is -0.299 e. The van der Waals surface area contributed by atoms with Crippen molar-refractivity contribution in [3.63, 3.8) is 0 Å². The maximum atomic E-state index is 2.62. The molecule has 2 heteroatoms. The summed E-state index contributed by atoms with van der Waals surface area (Å²) in [6.07, 6.45) is 1.33. The third-order valence-electron chi connectivity index (χ3n) is 4.41. The second kappa shape index (κ2) is 5.52. The maximum absolute atomic E-state index is 2.62. The fraction of sp³-hybridized carbons (Fsp3) is 1.00. The molecule has 0 amide bonds. The molecule has 0 radical (unpaired) electrons. The first kappa shape index (κ1) is 15.4. The van der Waals surface area contributed by atoms with E-state index < -0.39 is 0 Å². The van der Waals surface area contributed by atoms with Crippen molar-refractivity contribution in [3.8, 4) is 0 Å². The Morgan fingerprint density at radius 2 is 1.71 bits per heavy atom. The summed E-state index contributed by atoms with van der Waals surface area (Å²) < 4.78 is 0. The van der Waals surface area contributed by atoms with Crippen LogP contribution in [-0.4, -0.2) is 34.5 Å². The first-order chi connectivity index (χ1) is 7.64. The van der Waals surface area contributed by atoms with E-state index in [0.29, 0.717) is 11.5 Å². The van der Waals surface area contributed by atoms with Crippen LogP contribution in [0.1, 0.15) is 54.9 Å². The zero-order chi connectivity index (χ0) is 13.4. The van der Waals surface area contributed by atoms with Crippen molar-refractivity contribution in [1.82, 2.24) is 4.90 Å². The zero-order valence-corrected chi connectivity index (χ0v) is 13.8. The molecular weight excluding hydrogens is 226 g/mol. The summed E-state index contributed by atoms with van der Waals surface area (Å²) in [5.74, 6) is 0.748. The van der Waals surface area contributed by atoms with Gasteiger partial charge < -0.3 is 0 Å². The van der Waals surface area contributed by atoms with Crippen molar-refractivity contribution in [3.05, 3.63) is 0 Å². The van der Waals surface area contributed by atoms with Crippen molar-refractivity contribution in [2.75, 3.05) is 7.05 Å². The Bertz CT molecular complexity index is 244. The van der Waals surface area contributed by atoms with Crippen molar-refractivity contribution in [2.24, 2.45) is 11.3 Å². The quantitative estimate of drug-likeness (QED) is 0.690. The Balaban J connectivity index is 2.94. The molecular formula is C15H31NS. The summed E-state index contributed by atoms with van der Waals surface area (Å²) in [4.78, 5) is 2.62. The van der Waals surface area contributed by atoms with Gasteiger partial charge >= 0.3 is 0 Å². The van der Waals surface area contributed by atoms with E-state index in [9.17, 15) is 0 Å². The zero-order valence-electron chi connectivity index (χ0n) is 12.9. The highest BCUT2D eigenvalue weighted by Gasteiger charge is 2.38. The first-order valence-corrected chi connectivity index (χ1v) is 7.96. The molecule has 0 aliphatic carbocycles. The van der Waals surface area contributed by atoms with Gasteiger partial charge in [0.25, 0.3) is 0 Å². The number of hydrogen-bond donors (Lipinski definition) is 0. The number of thioether (sulfide) groups is 1. The molecule has 1 aliphatic rings. The fourth-order valence-electron chi connectivity index (χ4n) is 2.75. The smallest absolute Gasteiger partial charge is 0.0183 e. The standard InChI is InChI=1S/C15H31NS/c1-10(2)13-9-14(15(5,6)7)17-12(4)11(3)16(13)8/h10-14H,9H2,1-8H3/t11?,12?,13-,14+/m1/s1. The highest BCUT2D eigenvalue weighted by atomic mass is 32.2. The van der Waals surface area contributed by atoms with Crippen LogP contribution < -0.4 is 0 Å². The van der Waals surface area contributed by atoms with Gasteiger partial charge in [-0.25, -0.2) is 0 Å². The van der Waals surface area contributed by atoms with E-state index in [1.807, 2.05) is 0 Å². The highest BCUT2D eigenvalue weighted by Crippen LogP contribution is 2.42. The van der Waals surface area contributed by atoms with E-state index in [0.717, 1.165) is 22.5 Å². The Morgan fingerprint density at radius 3 is 2.12 bits per heavy atom. The van der Waals surface area contributed by atoms with Gasteiger partial charge in [-0.15, -0.1) is 0 Å². The molecule has 0 spiro atoms. The summed E-state index contributed by atoms with van der Waals surface area (Å²) in [6.45, 7) is 16.7. The summed E-state index contributed by atoms with van der Waals surface area (Å²) in [5.41, 5.74) is 0.414. The lowest BCUT2D eigenvalue weighted by molar-refractivity contribution is 0.133. The molecule has 2 unspecified atom stereocenters. The highest BCUT2D eigenvalue weighted by molar-refractivity contribution is 8.00. The molecule has 0 aromatic heterocycles. The molecule has 1 saturated heterocycles. The third kappa shape index (κ3) is 3.64. The predicted octanol–water partition coefficient (Wildman–Crippen LogP) is 4.27. The van der Waals surface area contributed by atoms with Crippen LogP contribution in [0.4, 0.5) is 0 Å². The summed E-state index contributed by atoms with van der Waals surface area (Å²) in [6, 6.07) is 1.41. The van der Waals surface area contributed by atoms with Crippen LogP contribution in [-0.2, 0) is 0 Å².